The average Bonchev–Trinajstić information content (AvgIpc) is 3.10. The number of aryl methyl sites for hydroxylation is 1. The van der Waals surface area contributed by atoms with E-state index in [1.807, 2.05) is 0 Å². The molecule has 0 amide bonds. The number of aliphatic imine (C=N–C) groups is 1. The number of guanidine groups is 1. The van der Waals surface area contributed by atoms with Crippen LogP contribution >= 0.6 is 0 Å². The molecule has 4 rings (SSSR count). The van der Waals surface area contributed by atoms with Gasteiger partial charge in [0.05, 0.1) is 11.4 Å². The van der Waals surface area contributed by atoms with Crippen LogP contribution in [0.4, 0.5) is 11.4 Å². The zero-order chi connectivity index (χ0) is 22.8. The SMILES string of the molecule is Cc1nc2nc(Oc3cc(C(=N)N)ccc3N)nc(Oc3cccc(N=C(N)N)c3)c2[nH]1. The van der Waals surface area contributed by atoms with E-state index in [1.54, 1.807) is 43.3 Å². The minimum atomic E-state index is -0.126. The van der Waals surface area contributed by atoms with Gasteiger partial charge in [0.1, 0.15) is 22.9 Å². The van der Waals surface area contributed by atoms with Crippen molar-refractivity contribution in [2.75, 3.05) is 5.73 Å². The van der Waals surface area contributed by atoms with Crippen molar-refractivity contribution < 1.29 is 9.47 Å². The number of fused-ring (bicyclic) bond motifs is 1. The number of aromatic nitrogens is 4. The number of hydrogen-bond acceptors (Lipinski definition) is 8. The van der Waals surface area contributed by atoms with Gasteiger partial charge in [0.2, 0.25) is 0 Å². The zero-order valence-electron chi connectivity index (χ0n) is 17.0. The van der Waals surface area contributed by atoms with Crippen molar-refractivity contribution in [1.82, 2.24) is 19.9 Å². The molecule has 0 bridgehead atoms. The summed E-state index contributed by atoms with van der Waals surface area (Å²) in [4.78, 5) is 20.1. The average molecular weight is 432 g/mol. The molecular formula is C20H20N10O2. The highest BCUT2D eigenvalue weighted by molar-refractivity contribution is 5.95. The monoisotopic (exact) mass is 432 g/mol. The molecule has 0 atom stereocenters. The van der Waals surface area contributed by atoms with Gasteiger partial charge < -0.3 is 37.4 Å². The lowest BCUT2D eigenvalue weighted by atomic mass is 10.2. The molecule has 4 aromatic rings. The van der Waals surface area contributed by atoms with Crippen LogP contribution in [0, 0.1) is 12.3 Å². The molecule has 0 saturated carbocycles. The lowest BCUT2D eigenvalue weighted by Crippen LogP contribution is -2.21. The van der Waals surface area contributed by atoms with Crippen LogP contribution in [0.15, 0.2) is 47.5 Å². The van der Waals surface area contributed by atoms with Gasteiger partial charge in [0.25, 0.3) is 5.88 Å². The van der Waals surface area contributed by atoms with Gasteiger partial charge in [0, 0.05) is 11.6 Å². The van der Waals surface area contributed by atoms with E-state index in [1.165, 1.54) is 6.07 Å². The van der Waals surface area contributed by atoms with Gasteiger partial charge in [-0.2, -0.15) is 9.97 Å². The fourth-order valence-electron chi connectivity index (χ4n) is 2.85. The van der Waals surface area contributed by atoms with Gasteiger partial charge in [-0.25, -0.2) is 9.98 Å². The summed E-state index contributed by atoms with van der Waals surface area (Å²) in [6.45, 7) is 1.78. The molecule has 2 aromatic heterocycles. The van der Waals surface area contributed by atoms with E-state index in [9.17, 15) is 0 Å². The molecule has 0 saturated heterocycles. The molecule has 10 N–H and O–H groups in total. The second-order valence-electron chi connectivity index (χ2n) is 6.74. The molecule has 0 aliphatic carbocycles. The fourth-order valence-corrected chi connectivity index (χ4v) is 2.85. The molecule has 0 fully saturated rings. The number of rotatable bonds is 6. The molecule has 2 aromatic carbocycles. The number of nitrogen functional groups attached to an aromatic ring is 2. The zero-order valence-corrected chi connectivity index (χ0v) is 17.0. The molecule has 12 nitrogen and oxygen atoms in total. The van der Waals surface area contributed by atoms with Gasteiger partial charge in [-0.15, -0.1) is 0 Å². The molecule has 0 aliphatic heterocycles. The number of aromatic amines is 1. The third-order valence-corrected chi connectivity index (χ3v) is 4.23. The second kappa shape index (κ2) is 8.10. The Morgan fingerprint density at radius 3 is 2.59 bits per heavy atom. The number of amidine groups is 1. The van der Waals surface area contributed by atoms with E-state index >= 15 is 0 Å². The van der Waals surface area contributed by atoms with Crippen LogP contribution in [-0.4, -0.2) is 31.7 Å². The van der Waals surface area contributed by atoms with Crippen LogP contribution in [-0.2, 0) is 0 Å². The number of H-pyrrole nitrogens is 1. The number of ether oxygens (including phenoxy) is 2. The van der Waals surface area contributed by atoms with Crippen LogP contribution in [0.2, 0.25) is 0 Å². The first-order valence-corrected chi connectivity index (χ1v) is 9.32. The normalized spacial score (nSPS) is 10.7. The van der Waals surface area contributed by atoms with Gasteiger partial charge in [-0.05, 0) is 37.3 Å². The molecule has 162 valence electrons. The van der Waals surface area contributed by atoms with Gasteiger partial charge in [-0.3, -0.25) is 5.41 Å². The Kier molecular flexibility index (Phi) is 5.17. The Morgan fingerprint density at radius 2 is 1.84 bits per heavy atom. The summed E-state index contributed by atoms with van der Waals surface area (Å²) in [5.41, 5.74) is 24.5. The van der Waals surface area contributed by atoms with Crippen molar-refractivity contribution in [3.63, 3.8) is 0 Å². The van der Waals surface area contributed by atoms with E-state index in [0.717, 1.165) is 0 Å². The summed E-state index contributed by atoms with van der Waals surface area (Å²) in [6.07, 6.45) is 0. The number of benzene rings is 2. The van der Waals surface area contributed by atoms with Crippen molar-refractivity contribution in [3.8, 4) is 23.4 Å². The Labute approximate surface area is 181 Å². The van der Waals surface area contributed by atoms with E-state index in [0.29, 0.717) is 39.7 Å². The highest BCUT2D eigenvalue weighted by Gasteiger charge is 2.16. The molecule has 0 aliphatic rings. The number of nitrogens with two attached hydrogens (primary N) is 4. The standard InChI is InChI=1S/C20H20N10O2/c1-9-26-15-17(27-9)29-20(32-14-7-10(16(22)23)5-6-13(14)21)30-18(15)31-12-4-2-3-11(8-12)28-19(24)25/h2-8H,21H2,1H3,(H3,22,23)(H4,24,25,28)(H,26,27,29,30). The highest BCUT2D eigenvalue weighted by atomic mass is 16.5. The summed E-state index contributed by atoms with van der Waals surface area (Å²) in [5, 5.41) is 7.60. The topological polar surface area (TPSA) is 213 Å². The Balaban J connectivity index is 1.74. The summed E-state index contributed by atoms with van der Waals surface area (Å²) >= 11 is 0. The van der Waals surface area contributed by atoms with Gasteiger partial charge >= 0.3 is 6.01 Å². The first kappa shape index (κ1) is 20.4. The first-order chi connectivity index (χ1) is 15.3. The summed E-state index contributed by atoms with van der Waals surface area (Å²) in [5.74, 6) is 1.27. The number of imidazole rings is 1. The molecule has 0 unspecified atom stereocenters. The smallest absolute Gasteiger partial charge is 0.327 e. The molecule has 12 heteroatoms. The summed E-state index contributed by atoms with van der Waals surface area (Å²) in [7, 11) is 0. The Morgan fingerprint density at radius 1 is 1.03 bits per heavy atom. The van der Waals surface area contributed by atoms with E-state index in [4.69, 9.17) is 37.8 Å². The van der Waals surface area contributed by atoms with Crippen molar-refractivity contribution in [2.45, 2.75) is 6.92 Å². The van der Waals surface area contributed by atoms with Crippen LogP contribution < -0.4 is 32.4 Å². The number of anilines is 1. The Hall–Kier alpha value is -4.87. The quantitative estimate of drug-likeness (QED) is 0.149. The maximum Gasteiger partial charge on any atom is 0.327 e. The third-order valence-electron chi connectivity index (χ3n) is 4.23. The van der Waals surface area contributed by atoms with Crippen molar-refractivity contribution in [3.05, 3.63) is 53.9 Å². The van der Waals surface area contributed by atoms with E-state index in [2.05, 4.69) is 24.9 Å². The molecular weight excluding hydrogens is 412 g/mol. The highest BCUT2D eigenvalue weighted by Crippen LogP contribution is 2.32. The Bertz CT molecular complexity index is 1360. The van der Waals surface area contributed by atoms with Crippen molar-refractivity contribution >= 4 is 34.3 Å². The van der Waals surface area contributed by atoms with Crippen LogP contribution in [0.3, 0.4) is 0 Å². The minimum Gasteiger partial charge on any atom is -0.437 e. The maximum absolute atomic E-state index is 7.60. The van der Waals surface area contributed by atoms with E-state index in [-0.39, 0.29) is 29.4 Å². The molecule has 0 spiro atoms. The molecule has 32 heavy (non-hydrogen) atoms. The minimum absolute atomic E-state index is 0.0493. The second-order valence-corrected chi connectivity index (χ2v) is 6.74. The summed E-state index contributed by atoms with van der Waals surface area (Å²) < 4.78 is 11.7. The third kappa shape index (κ3) is 4.33. The van der Waals surface area contributed by atoms with Crippen molar-refractivity contribution in [1.29, 1.82) is 5.41 Å². The van der Waals surface area contributed by atoms with Crippen LogP contribution in [0.25, 0.3) is 11.2 Å². The molecule has 2 heterocycles. The molecule has 0 radical (unpaired) electrons. The number of hydrogen-bond donors (Lipinski definition) is 6. The van der Waals surface area contributed by atoms with Crippen LogP contribution in [0.1, 0.15) is 11.4 Å². The largest absolute Gasteiger partial charge is 0.437 e. The maximum atomic E-state index is 7.60. The fraction of sp³-hybridized carbons (Fsp3) is 0.0500. The van der Waals surface area contributed by atoms with Gasteiger partial charge in [0.15, 0.2) is 17.4 Å². The lowest BCUT2D eigenvalue weighted by Gasteiger charge is -2.11. The lowest BCUT2D eigenvalue weighted by molar-refractivity contribution is 0.417. The first-order valence-electron chi connectivity index (χ1n) is 9.32. The number of nitrogens with zero attached hydrogens (tertiary/aromatic N) is 4. The van der Waals surface area contributed by atoms with Gasteiger partial charge in [-0.1, -0.05) is 6.07 Å². The predicted octanol–water partition coefficient (Wildman–Crippen LogP) is 2.02. The summed E-state index contributed by atoms with van der Waals surface area (Å²) in [6, 6.07) is 11.5. The van der Waals surface area contributed by atoms with Crippen LogP contribution in [0.5, 0.6) is 23.4 Å². The van der Waals surface area contributed by atoms with Crippen molar-refractivity contribution in [2.24, 2.45) is 22.2 Å². The van der Waals surface area contributed by atoms with E-state index < -0.39 is 0 Å². The number of nitrogens with one attached hydrogen (secondary N) is 2. The predicted molar refractivity (Wildman–Crippen MR) is 120 cm³/mol.